The molecule has 3 aliphatic heterocycles. The lowest BCUT2D eigenvalue weighted by atomic mass is 9.79. The molecule has 6 atom stereocenters. The highest BCUT2D eigenvalue weighted by atomic mass is 35.5. The van der Waals surface area contributed by atoms with E-state index in [4.69, 9.17) is 28.2 Å². The van der Waals surface area contributed by atoms with Crippen molar-refractivity contribution in [3.05, 3.63) is 87.0 Å². The number of nitriles is 1. The molecule has 8 nitrogen and oxygen atoms in total. The Morgan fingerprint density at radius 2 is 1.87 bits per heavy atom. The summed E-state index contributed by atoms with van der Waals surface area (Å²) in [5.41, 5.74) is 3.73. The molecule has 3 saturated heterocycles. The van der Waals surface area contributed by atoms with Gasteiger partial charge in [-0.25, -0.2) is 13.8 Å². The number of hydrogen-bond donors (Lipinski definition) is 2. The highest BCUT2D eigenvalue weighted by molar-refractivity contribution is 6.43. The Morgan fingerprint density at radius 3 is 2.58 bits per heavy atom. The van der Waals surface area contributed by atoms with Crippen LogP contribution in [0.15, 0.2) is 48.5 Å². The van der Waals surface area contributed by atoms with Crippen LogP contribution in [0.1, 0.15) is 78.6 Å². The van der Waals surface area contributed by atoms with Crippen molar-refractivity contribution in [3.63, 3.8) is 0 Å². The third kappa shape index (κ3) is 5.26. The van der Waals surface area contributed by atoms with E-state index in [-0.39, 0.29) is 81.4 Å². The van der Waals surface area contributed by atoms with Crippen LogP contribution in [0.2, 0.25) is 10.0 Å². The minimum atomic E-state index is -0.721. The maximum atomic E-state index is 17.7. The molecule has 11 rings (SSSR count). The number of fused-ring (bicyclic) bond motifs is 6. The first-order chi connectivity index (χ1) is 26.7. The van der Waals surface area contributed by atoms with E-state index >= 15 is 8.78 Å². The van der Waals surface area contributed by atoms with Crippen LogP contribution in [0.5, 0.6) is 0 Å². The SMILES string of the molecule is CNC(=O)c1ccc(-c2nc3c(F)c(-c4cccc(Cl)c4Cl)c(CCC#N)cc3c3c2cc([C@H]2[C@@H]4CC[C@@H](C4)N2C(=O)C2CC2)n3[C@H]2[C@H]3CN[C@@H]2C3)cc1F. The number of amides is 2. The molecule has 6 aliphatic rings. The van der Waals surface area contributed by atoms with Crippen molar-refractivity contribution < 1.29 is 18.4 Å². The average Bonchev–Trinajstić information content (AvgIpc) is 3.60. The van der Waals surface area contributed by atoms with E-state index in [9.17, 15) is 14.9 Å². The number of piperidine rings is 1. The van der Waals surface area contributed by atoms with Crippen LogP contribution >= 0.6 is 23.2 Å². The quantitative estimate of drug-likeness (QED) is 0.164. The summed E-state index contributed by atoms with van der Waals surface area (Å²) in [5, 5.41) is 17.6. The van der Waals surface area contributed by atoms with Gasteiger partial charge in [0.25, 0.3) is 5.91 Å². The number of halogens is 4. The molecule has 0 radical (unpaired) electrons. The van der Waals surface area contributed by atoms with Crippen molar-refractivity contribution in [1.82, 2.24) is 25.1 Å². The van der Waals surface area contributed by atoms with Gasteiger partial charge in [-0.05, 0) is 92.7 Å². The van der Waals surface area contributed by atoms with E-state index in [2.05, 4.69) is 32.2 Å². The van der Waals surface area contributed by atoms with E-state index < -0.39 is 17.5 Å². The second-order valence-electron chi connectivity index (χ2n) is 16.0. The van der Waals surface area contributed by atoms with Crippen molar-refractivity contribution in [1.29, 1.82) is 5.26 Å². The Balaban J connectivity index is 1.31. The molecule has 2 N–H and O–H groups in total. The van der Waals surface area contributed by atoms with Gasteiger partial charge in [0, 0.05) is 71.2 Å². The summed E-state index contributed by atoms with van der Waals surface area (Å²) in [7, 11) is 1.45. The second kappa shape index (κ2) is 13.0. The molecule has 2 amide bonds. The van der Waals surface area contributed by atoms with Crippen molar-refractivity contribution in [2.24, 2.45) is 17.8 Å². The van der Waals surface area contributed by atoms with Gasteiger partial charge in [-0.3, -0.25) is 9.59 Å². The summed E-state index contributed by atoms with van der Waals surface area (Å²) in [6, 6.07) is 16.0. The molecular weight excluding hydrogens is 741 g/mol. The number of aromatic nitrogens is 2. The maximum Gasteiger partial charge on any atom is 0.253 e. The molecule has 6 fully saturated rings. The molecule has 12 heteroatoms. The molecule has 3 aromatic carbocycles. The summed E-state index contributed by atoms with van der Waals surface area (Å²) in [5.74, 6) is -0.976. The lowest BCUT2D eigenvalue weighted by Gasteiger charge is -2.42. The third-order valence-corrected chi connectivity index (χ3v) is 13.8. The number of carbonyl (C=O) groups excluding carboxylic acids is 2. The Labute approximate surface area is 326 Å². The van der Waals surface area contributed by atoms with Gasteiger partial charge < -0.3 is 20.1 Å². The zero-order valence-corrected chi connectivity index (χ0v) is 31.7. The zero-order valence-electron chi connectivity index (χ0n) is 30.1. The van der Waals surface area contributed by atoms with Crippen LogP contribution in [0.4, 0.5) is 8.78 Å². The molecule has 3 saturated carbocycles. The van der Waals surface area contributed by atoms with Crippen molar-refractivity contribution >= 4 is 56.8 Å². The second-order valence-corrected chi connectivity index (χ2v) is 16.8. The number of carbonyl (C=O) groups is 2. The van der Waals surface area contributed by atoms with E-state index in [0.29, 0.717) is 33.7 Å². The number of aryl methyl sites for hydroxylation is 1. The Bertz CT molecular complexity index is 2510. The molecule has 5 aromatic rings. The minimum absolute atomic E-state index is 0.0583. The summed E-state index contributed by atoms with van der Waals surface area (Å²) >= 11 is 13.2. The van der Waals surface area contributed by atoms with Crippen LogP contribution in [-0.4, -0.2) is 51.9 Å². The Morgan fingerprint density at radius 1 is 1.04 bits per heavy atom. The number of pyridine rings is 1. The standard InChI is InChI=1S/C43H38Cl2F2N6O2/c1-49-42(54)26-12-10-22(16-31(26)46)37-29-18-33(40-23-9-11-25(14-23)52(40)43(55)20-7-8-20)53(39-24-17-32(39)50-19-24)41(29)28-15-21(4-3-13-48)34(36(47)38(28)51-37)27-5-2-6-30(44)35(27)45/h2,5-6,10,12,15-16,18,20,23-25,32,39-40,50H,3-4,7-9,11,14,17,19H2,1H3,(H,49,54)/t23-,24-,25+,32-,39+,40-/m1/s1. The number of nitrogens with zero attached hydrogens (tertiary/aromatic N) is 4. The van der Waals surface area contributed by atoms with Crippen molar-refractivity contribution in [2.45, 2.75) is 75.5 Å². The minimum Gasteiger partial charge on any atom is -0.355 e. The fraction of sp³-hybridized carbons (Fsp3) is 0.395. The third-order valence-electron chi connectivity index (χ3n) is 13.0. The average molecular weight is 780 g/mol. The molecule has 0 unspecified atom stereocenters. The van der Waals surface area contributed by atoms with E-state index in [1.807, 2.05) is 6.07 Å². The Hall–Kier alpha value is -4.56. The van der Waals surface area contributed by atoms with Gasteiger partial charge in [0.15, 0.2) is 5.82 Å². The Kier molecular flexibility index (Phi) is 8.25. The molecule has 2 aromatic heterocycles. The smallest absolute Gasteiger partial charge is 0.253 e. The first kappa shape index (κ1) is 34.9. The van der Waals surface area contributed by atoms with Gasteiger partial charge in [-0.2, -0.15) is 5.26 Å². The van der Waals surface area contributed by atoms with Crippen LogP contribution in [0.25, 0.3) is 44.2 Å². The predicted octanol–water partition coefficient (Wildman–Crippen LogP) is 8.92. The molecule has 3 aliphatic carbocycles. The van der Waals surface area contributed by atoms with Gasteiger partial charge in [-0.15, -0.1) is 0 Å². The fourth-order valence-electron chi connectivity index (χ4n) is 10.3. The zero-order chi connectivity index (χ0) is 37.9. The van der Waals surface area contributed by atoms with E-state index in [0.717, 1.165) is 61.7 Å². The summed E-state index contributed by atoms with van der Waals surface area (Å²) < 4.78 is 35.9. The highest BCUT2D eigenvalue weighted by Crippen LogP contribution is 2.56. The summed E-state index contributed by atoms with van der Waals surface area (Å²) in [6.07, 6.45) is 6.23. The molecular formula is C43H38Cl2F2N6O2. The topological polar surface area (TPSA) is 103 Å². The number of rotatable bonds is 8. The monoisotopic (exact) mass is 778 g/mol. The molecule has 280 valence electrons. The van der Waals surface area contributed by atoms with Crippen LogP contribution in [0, 0.1) is 40.7 Å². The van der Waals surface area contributed by atoms with Gasteiger partial charge in [0.1, 0.15) is 11.3 Å². The van der Waals surface area contributed by atoms with Crippen LogP contribution in [-0.2, 0) is 11.2 Å². The van der Waals surface area contributed by atoms with Gasteiger partial charge >= 0.3 is 0 Å². The van der Waals surface area contributed by atoms with Crippen molar-refractivity contribution in [3.8, 4) is 28.5 Å². The number of hydrogen-bond acceptors (Lipinski definition) is 5. The van der Waals surface area contributed by atoms with Crippen LogP contribution < -0.4 is 10.6 Å². The maximum absolute atomic E-state index is 17.7. The first-order valence-corrected chi connectivity index (χ1v) is 20.0. The van der Waals surface area contributed by atoms with Gasteiger partial charge in [0.2, 0.25) is 5.91 Å². The highest BCUT2D eigenvalue weighted by Gasteiger charge is 2.55. The van der Waals surface area contributed by atoms with Crippen LogP contribution in [0.3, 0.4) is 0 Å². The molecule has 55 heavy (non-hydrogen) atoms. The molecule has 5 heterocycles. The molecule has 4 bridgehead atoms. The van der Waals surface area contributed by atoms with Gasteiger partial charge in [-0.1, -0.05) is 41.4 Å². The number of benzene rings is 3. The normalized spacial score (nSPS) is 25.1. The largest absolute Gasteiger partial charge is 0.355 e. The van der Waals surface area contributed by atoms with Crippen molar-refractivity contribution in [2.75, 3.05) is 13.6 Å². The summed E-state index contributed by atoms with van der Waals surface area (Å²) in [4.78, 5) is 33.8. The van der Waals surface area contributed by atoms with Gasteiger partial charge in [0.05, 0.1) is 45.0 Å². The predicted molar refractivity (Wildman–Crippen MR) is 208 cm³/mol. The fourth-order valence-corrected chi connectivity index (χ4v) is 10.7. The lowest BCUT2D eigenvalue weighted by Crippen LogP contribution is -2.44. The summed E-state index contributed by atoms with van der Waals surface area (Å²) in [6.45, 7) is 0.858. The van der Waals surface area contributed by atoms with E-state index in [1.54, 1.807) is 24.3 Å². The number of likely N-dealkylation sites (tertiary alicyclic amines) is 1. The molecule has 0 spiro atoms. The first-order valence-electron chi connectivity index (χ1n) is 19.3. The lowest BCUT2D eigenvalue weighted by molar-refractivity contribution is -0.137. The van der Waals surface area contributed by atoms with E-state index in [1.165, 1.54) is 19.2 Å². The number of nitrogens with one attached hydrogen (secondary N) is 2.